The summed E-state index contributed by atoms with van der Waals surface area (Å²) in [5, 5.41) is 12.5. The summed E-state index contributed by atoms with van der Waals surface area (Å²) in [4.78, 5) is 40.3. The molecule has 0 fully saturated rings. The maximum Gasteiger partial charge on any atom is 0.408 e. The fourth-order valence-electron chi connectivity index (χ4n) is 3.71. The molecule has 3 rings (SSSR count). The standard InChI is InChI=1S/C29H33N5O5/c1-6-14-38-27(36)33-17-21-12-13-22(23-15-25(31-18-24(21)23)34-26(35)30-7-2)20-10-8-19(9-11-20)16-32-28(37)39-29(3,4)5/h1,8-13,15,18H,7,14,16-17H2,2-5H3,(H,32,37)(H,33,36)(H2,30,31,34,35). The lowest BCUT2D eigenvalue weighted by Gasteiger charge is -2.19. The molecule has 0 spiro atoms. The van der Waals surface area contributed by atoms with E-state index in [2.05, 4.69) is 32.2 Å². The van der Waals surface area contributed by atoms with Crippen molar-refractivity contribution in [3.63, 3.8) is 0 Å². The summed E-state index contributed by atoms with van der Waals surface area (Å²) in [6, 6.07) is 13.0. The van der Waals surface area contributed by atoms with E-state index >= 15 is 0 Å². The molecule has 2 aromatic carbocycles. The Morgan fingerprint density at radius 1 is 0.949 bits per heavy atom. The van der Waals surface area contributed by atoms with E-state index in [0.29, 0.717) is 18.9 Å². The fourth-order valence-corrected chi connectivity index (χ4v) is 3.71. The third-order valence-corrected chi connectivity index (χ3v) is 5.38. The Labute approximate surface area is 227 Å². The van der Waals surface area contributed by atoms with Gasteiger partial charge in [0.05, 0.1) is 0 Å². The van der Waals surface area contributed by atoms with Gasteiger partial charge in [0.1, 0.15) is 11.4 Å². The Kier molecular flexibility index (Phi) is 9.70. The predicted molar refractivity (Wildman–Crippen MR) is 150 cm³/mol. The fraction of sp³-hybridized carbons (Fsp3) is 0.310. The van der Waals surface area contributed by atoms with Crippen molar-refractivity contribution in [3.05, 3.63) is 59.8 Å². The molecule has 4 N–H and O–H groups in total. The molecule has 0 aliphatic heterocycles. The zero-order valence-electron chi connectivity index (χ0n) is 22.5. The van der Waals surface area contributed by atoms with Crippen LogP contribution in [0.5, 0.6) is 0 Å². The van der Waals surface area contributed by atoms with Crippen LogP contribution in [0, 0.1) is 12.3 Å². The van der Waals surface area contributed by atoms with E-state index in [-0.39, 0.29) is 19.2 Å². The summed E-state index contributed by atoms with van der Waals surface area (Å²) in [6.45, 7) is 8.13. The lowest BCUT2D eigenvalue weighted by Crippen LogP contribution is -2.32. The number of urea groups is 1. The minimum Gasteiger partial charge on any atom is -0.444 e. The molecule has 0 saturated carbocycles. The summed E-state index contributed by atoms with van der Waals surface area (Å²) in [6.07, 6.45) is 5.69. The molecule has 0 saturated heterocycles. The molecule has 10 heteroatoms. The molecular weight excluding hydrogens is 498 g/mol. The van der Waals surface area contributed by atoms with Crippen molar-refractivity contribution < 1.29 is 23.9 Å². The molecule has 0 atom stereocenters. The Bertz CT molecular complexity index is 1370. The average molecular weight is 532 g/mol. The number of carbonyl (C=O) groups is 3. The molecule has 0 radical (unpaired) electrons. The first-order valence-electron chi connectivity index (χ1n) is 12.5. The largest absolute Gasteiger partial charge is 0.444 e. The van der Waals surface area contributed by atoms with Gasteiger partial charge in [0, 0.05) is 31.2 Å². The van der Waals surface area contributed by atoms with Crippen LogP contribution in [0.3, 0.4) is 0 Å². The van der Waals surface area contributed by atoms with Crippen molar-refractivity contribution in [2.45, 2.75) is 46.4 Å². The number of hydrogen-bond acceptors (Lipinski definition) is 6. The van der Waals surface area contributed by atoms with Crippen LogP contribution in [0.2, 0.25) is 0 Å². The van der Waals surface area contributed by atoms with Crippen LogP contribution in [-0.2, 0) is 22.6 Å². The normalized spacial score (nSPS) is 10.7. The number of aromatic nitrogens is 1. The lowest BCUT2D eigenvalue weighted by atomic mass is 9.95. The number of amides is 4. The number of fused-ring (bicyclic) bond motifs is 1. The van der Waals surface area contributed by atoms with E-state index in [1.807, 2.05) is 64.1 Å². The second-order valence-corrected chi connectivity index (χ2v) is 9.56. The number of benzene rings is 2. The van der Waals surface area contributed by atoms with Crippen molar-refractivity contribution >= 4 is 34.8 Å². The van der Waals surface area contributed by atoms with Crippen LogP contribution in [-0.4, -0.2) is 42.0 Å². The van der Waals surface area contributed by atoms with Crippen LogP contribution >= 0.6 is 0 Å². The third kappa shape index (κ3) is 8.64. The van der Waals surface area contributed by atoms with Crippen molar-refractivity contribution in [1.29, 1.82) is 0 Å². The Balaban J connectivity index is 1.88. The quantitative estimate of drug-likeness (QED) is 0.305. The van der Waals surface area contributed by atoms with Crippen molar-refractivity contribution in [1.82, 2.24) is 20.9 Å². The summed E-state index contributed by atoms with van der Waals surface area (Å²) in [7, 11) is 0. The maximum absolute atomic E-state index is 12.1. The lowest BCUT2D eigenvalue weighted by molar-refractivity contribution is 0.0523. The van der Waals surface area contributed by atoms with Gasteiger partial charge in [-0.3, -0.25) is 5.32 Å². The van der Waals surface area contributed by atoms with E-state index in [1.165, 1.54) is 0 Å². The van der Waals surface area contributed by atoms with Crippen LogP contribution in [0.25, 0.3) is 21.9 Å². The van der Waals surface area contributed by atoms with Crippen LogP contribution in [0.1, 0.15) is 38.8 Å². The average Bonchev–Trinajstić information content (AvgIpc) is 2.88. The highest BCUT2D eigenvalue weighted by molar-refractivity contribution is 6.01. The van der Waals surface area contributed by atoms with Crippen LogP contribution in [0.4, 0.5) is 20.2 Å². The Morgan fingerprint density at radius 2 is 1.67 bits per heavy atom. The number of rotatable bonds is 8. The molecule has 0 bridgehead atoms. The van der Waals surface area contributed by atoms with Gasteiger partial charge in [-0.25, -0.2) is 19.4 Å². The first-order chi connectivity index (χ1) is 18.6. The number of hydrogen-bond donors (Lipinski definition) is 4. The van der Waals surface area contributed by atoms with Gasteiger partial charge in [0.25, 0.3) is 0 Å². The molecule has 39 heavy (non-hydrogen) atoms. The van der Waals surface area contributed by atoms with Gasteiger partial charge in [-0.05, 0) is 61.4 Å². The molecular formula is C29H33N5O5. The number of alkyl carbamates (subject to hydrolysis) is 2. The van der Waals surface area contributed by atoms with Gasteiger partial charge in [-0.2, -0.15) is 0 Å². The highest BCUT2D eigenvalue weighted by atomic mass is 16.6. The monoisotopic (exact) mass is 531 g/mol. The number of carbonyl (C=O) groups excluding carboxylic acids is 3. The second kappa shape index (κ2) is 13.1. The van der Waals surface area contributed by atoms with E-state index in [9.17, 15) is 14.4 Å². The number of ether oxygens (including phenoxy) is 2. The second-order valence-electron chi connectivity index (χ2n) is 9.56. The number of nitrogens with zero attached hydrogens (tertiary/aromatic N) is 1. The van der Waals surface area contributed by atoms with E-state index in [1.54, 1.807) is 12.3 Å². The van der Waals surface area contributed by atoms with Gasteiger partial charge in [-0.1, -0.05) is 42.3 Å². The van der Waals surface area contributed by atoms with Gasteiger partial charge in [0.2, 0.25) is 0 Å². The summed E-state index contributed by atoms with van der Waals surface area (Å²) < 4.78 is 10.2. The van der Waals surface area contributed by atoms with Crippen LogP contribution < -0.4 is 21.3 Å². The molecule has 0 aliphatic rings. The molecule has 0 unspecified atom stereocenters. The number of terminal acetylenes is 1. The smallest absolute Gasteiger partial charge is 0.408 e. The first kappa shape index (κ1) is 28.8. The molecule has 204 valence electrons. The Morgan fingerprint density at radius 3 is 2.33 bits per heavy atom. The maximum atomic E-state index is 12.1. The summed E-state index contributed by atoms with van der Waals surface area (Å²) >= 11 is 0. The third-order valence-electron chi connectivity index (χ3n) is 5.38. The zero-order valence-corrected chi connectivity index (χ0v) is 22.5. The molecule has 1 aromatic heterocycles. The Hall–Kier alpha value is -4.78. The van der Waals surface area contributed by atoms with Gasteiger partial charge in [0.15, 0.2) is 6.61 Å². The van der Waals surface area contributed by atoms with Crippen LogP contribution in [0.15, 0.2) is 48.7 Å². The van der Waals surface area contributed by atoms with Crippen molar-refractivity contribution in [2.24, 2.45) is 0 Å². The zero-order chi connectivity index (χ0) is 28.4. The predicted octanol–water partition coefficient (Wildman–Crippen LogP) is 4.93. The topological polar surface area (TPSA) is 131 Å². The molecule has 0 aliphatic carbocycles. The van der Waals surface area contributed by atoms with E-state index in [0.717, 1.165) is 33.0 Å². The van der Waals surface area contributed by atoms with Crippen molar-refractivity contribution in [2.75, 3.05) is 18.5 Å². The number of pyridine rings is 1. The van der Waals surface area contributed by atoms with E-state index < -0.39 is 17.8 Å². The number of anilines is 1. The summed E-state index contributed by atoms with van der Waals surface area (Å²) in [5.41, 5.74) is 2.96. The van der Waals surface area contributed by atoms with Gasteiger partial charge < -0.3 is 25.4 Å². The molecule has 10 nitrogen and oxygen atoms in total. The summed E-state index contributed by atoms with van der Waals surface area (Å²) in [5.74, 6) is 2.63. The SMILES string of the molecule is C#CCOC(=O)NCc1ccc(-c2ccc(CNC(=O)OC(C)(C)C)cc2)c2cc(NC(=O)NCC)ncc12. The first-order valence-corrected chi connectivity index (χ1v) is 12.5. The van der Waals surface area contributed by atoms with Gasteiger partial charge in [-0.15, -0.1) is 6.42 Å². The minimum atomic E-state index is -0.622. The van der Waals surface area contributed by atoms with Crippen molar-refractivity contribution in [3.8, 4) is 23.5 Å². The highest BCUT2D eigenvalue weighted by Crippen LogP contribution is 2.32. The number of nitrogens with one attached hydrogen (secondary N) is 4. The molecule has 1 heterocycles. The molecule has 3 aromatic rings. The highest BCUT2D eigenvalue weighted by Gasteiger charge is 2.16. The van der Waals surface area contributed by atoms with Gasteiger partial charge >= 0.3 is 18.2 Å². The minimum absolute atomic E-state index is 0.120. The molecule has 4 amide bonds. The van der Waals surface area contributed by atoms with E-state index in [4.69, 9.17) is 15.9 Å².